The molecule has 0 aliphatic carbocycles. The molecule has 4 rings (SSSR count). The molecule has 0 saturated carbocycles. The van der Waals surface area contributed by atoms with Gasteiger partial charge in [-0.1, -0.05) is 6.08 Å². The van der Waals surface area contributed by atoms with Crippen LogP contribution in [-0.4, -0.2) is 52.9 Å². The summed E-state index contributed by atoms with van der Waals surface area (Å²) in [6.45, 7) is 3.55. The molecule has 0 bridgehead atoms. The van der Waals surface area contributed by atoms with Gasteiger partial charge >= 0.3 is 6.03 Å². The summed E-state index contributed by atoms with van der Waals surface area (Å²) in [6, 6.07) is 3.19. The van der Waals surface area contributed by atoms with Crippen molar-refractivity contribution in [3.05, 3.63) is 36.4 Å². The molecule has 2 aromatic rings. The Morgan fingerprint density at radius 1 is 1.25 bits per heavy atom. The zero-order valence-corrected chi connectivity index (χ0v) is 15.8. The number of nitrogens with two attached hydrogens (primary N) is 1. The van der Waals surface area contributed by atoms with E-state index < -0.39 is 5.91 Å². The van der Waals surface area contributed by atoms with E-state index in [0.717, 1.165) is 19.5 Å². The molecule has 8 heteroatoms. The summed E-state index contributed by atoms with van der Waals surface area (Å²) in [5.74, 6) is -0.481. The van der Waals surface area contributed by atoms with Gasteiger partial charge < -0.3 is 25.3 Å². The van der Waals surface area contributed by atoms with Gasteiger partial charge in [0.05, 0.1) is 5.39 Å². The Bertz CT molecular complexity index is 900. The molecule has 148 valence electrons. The number of hydrogen-bond acceptors (Lipinski definition) is 5. The lowest BCUT2D eigenvalue weighted by Crippen LogP contribution is -2.33. The minimum Gasteiger partial charge on any atom is -0.430 e. The number of anilines is 1. The highest BCUT2D eigenvalue weighted by Crippen LogP contribution is 2.30. The maximum Gasteiger partial charge on any atom is 0.321 e. The van der Waals surface area contributed by atoms with Crippen LogP contribution in [0.5, 0.6) is 0 Å². The average molecular weight is 383 g/mol. The second kappa shape index (κ2) is 7.92. The normalized spacial score (nSPS) is 20.2. The lowest BCUT2D eigenvalue weighted by molar-refractivity contribution is 0.0977. The first-order valence-electron chi connectivity index (χ1n) is 9.77. The summed E-state index contributed by atoms with van der Waals surface area (Å²) in [7, 11) is 0. The van der Waals surface area contributed by atoms with E-state index in [1.54, 1.807) is 23.2 Å². The molecule has 8 nitrogen and oxygen atoms in total. The minimum absolute atomic E-state index is 0.0807. The number of rotatable bonds is 4. The Kier molecular flexibility index (Phi) is 5.18. The highest BCUT2D eigenvalue weighted by atomic mass is 16.4. The molecule has 2 fully saturated rings. The third-order valence-corrected chi connectivity index (χ3v) is 5.39. The molecule has 4 heterocycles. The van der Waals surface area contributed by atoms with E-state index in [4.69, 9.17) is 10.2 Å². The lowest BCUT2D eigenvalue weighted by Gasteiger charge is -2.25. The third kappa shape index (κ3) is 3.81. The SMILES string of the molecule is NC(=O)c1oc2ncccc2c1NC(=O)N1CCC(C=CN2CCCCC2)C1. The van der Waals surface area contributed by atoms with Crippen LogP contribution in [0.4, 0.5) is 10.5 Å². The number of nitrogens with one attached hydrogen (secondary N) is 1. The number of carbonyl (C=O) groups is 2. The summed E-state index contributed by atoms with van der Waals surface area (Å²) in [5, 5.41) is 3.36. The number of urea groups is 1. The van der Waals surface area contributed by atoms with Crippen molar-refractivity contribution >= 4 is 28.7 Å². The van der Waals surface area contributed by atoms with E-state index in [9.17, 15) is 9.59 Å². The number of likely N-dealkylation sites (tertiary alicyclic amines) is 2. The summed E-state index contributed by atoms with van der Waals surface area (Å²) < 4.78 is 5.42. The van der Waals surface area contributed by atoms with Gasteiger partial charge in [0.15, 0.2) is 0 Å². The fraction of sp³-hybridized carbons (Fsp3) is 0.450. The van der Waals surface area contributed by atoms with Gasteiger partial charge in [0.2, 0.25) is 11.5 Å². The quantitative estimate of drug-likeness (QED) is 0.845. The summed E-state index contributed by atoms with van der Waals surface area (Å²) in [5.41, 5.74) is 5.96. The first-order chi connectivity index (χ1) is 13.6. The first-order valence-corrected chi connectivity index (χ1v) is 9.77. The molecule has 3 N–H and O–H groups in total. The maximum atomic E-state index is 12.7. The Labute approximate surface area is 163 Å². The van der Waals surface area contributed by atoms with Crippen LogP contribution in [0.15, 0.2) is 35.0 Å². The van der Waals surface area contributed by atoms with Crippen molar-refractivity contribution < 1.29 is 14.0 Å². The molecule has 0 spiro atoms. The highest BCUT2D eigenvalue weighted by molar-refractivity contribution is 6.09. The zero-order chi connectivity index (χ0) is 19.5. The summed E-state index contributed by atoms with van der Waals surface area (Å²) in [6.07, 6.45) is 10.7. The highest BCUT2D eigenvalue weighted by Gasteiger charge is 2.28. The number of fused-ring (bicyclic) bond motifs is 1. The second-order valence-corrected chi connectivity index (χ2v) is 7.39. The predicted octanol–water partition coefficient (Wildman–Crippen LogP) is 2.78. The van der Waals surface area contributed by atoms with E-state index >= 15 is 0 Å². The molecule has 3 amide bonds. The Balaban J connectivity index is 1.42. The summed E-state index contributed by atoms with van der Waals surface area (Å²) in [4.78, 5) is 32.6. The summed E-state index contributed by atoms with van der Waals surface area (Å²) >= 11 is 0. The van der Waals surface area contributed by atoms with Crippen molar-refractivity contribution in [2.24, 2.45) is 11.7 Å². The number of piperidine rings is 1. The topological polar surface area (TPSA) is 105 Å². The molecule has 2 aliphatic rings. The molecular formula is C20H25N5O3. The smallest absolute Gasteiger partial charge is 0.321 e. The molecule has 2 aromatic heterocycles. The van der Waals surface area contributed by atoms with Crippen LogP contribution in [-0.2, 0) is 0 Å². The van der Waals surface area contributed by atoms with Crippen LogP contribution in [0.2, 0.25) is 0 Å². The number of primary amides is 1. The van der Waals surface area contributed by atoms with Gasteiger partial charge in [-0.05, 0) is 49.9 Å². The van der Waals surface area contributed by atoms with E-state index in [1.807, 2.05) is 0 Å². The Morgan fingerprint density at radius 3 is 2.86 bits per heavy atom. The van der Waals surface area contributed by atoms with E-state index in [1.165, 1.54) is 19.3 Å². The van der Waals surface area contributed by atoms with Crippen LogP contribution in [0.1, 0.15) is 36.2 Å². The number of furan rings is 1. The van der Waals surface area contributed by atoms with Crippen molar-refractivity contribution in [3.8, 4) is 0 Å². The molecule has 2 aliphatic heterocycles. The van der Waals surface area contributed by atoms with E-state index in [2.05, 4.69) is 27.5 Å². The number of pyridine rings is 1. The lowest BCUT2D eigenvalue weighted by atomic mass is 10.1. The number of amides is 3. The third-order valence-electron chi connectivity index (χ3n) is 5.39. The van der Waals surface area contributed by atoms with Crippen molar-refractivity contribution in [1.29, 1.82) is 0 Å². The molecule has 2 saturated heterocycles. The molecule has 28 heavy (non-hydrogen) atoms. The van der Waals surface area contributed by atoms with E-state index in [0.29, 0.717) is 24.4 Å². The maximum absolute atomic E-state index is 12.7. The van der Waals surface area contributed by atoms with Crippen LogP contribution in [0.25, 0.3) is 11.1 Å². The van der Waals surface area contributed by atoms with Crippen LogP contribution in [0, 0.1) is 5.92 Å². The molecule has 1 unspecified atom stereocenters. The largest absolute Gasteiger partial charge is 0.430 e. The minimum atomic E-state index is -0.739. The number of aromatic nitrogens is 1. The molecule has 0 aromatic carbocycles. The van der Waals surface area contributed by atoms with Gasteiger partial charge in [-0.2, -0.15) is 0 Å². The monoisotopic (exact) mass is 383 g/mol. The van der Waals surface area contributed by atoms with Gasteiger partial charge in [0.1, 0.15) is 5.69 Å². The van der Waals surface area contributed by atoms with Gasteiger partial charge in [-0.25, -0.2) is 9.78 Å². The van der Waals surface area contributed by atoms with E-state index in [-0.39, 0.29) is 23.2 Å². The first kappa shape index (κ1) is 18.3. The van der Waals surface area contributed by atoms with Gasteiger partial charge in [-0.3, -0.25) is 4.79 Å². The Hall–Kier alpha value is -3.03. The fourth-order valence-electron chi connectivity index (χ4n) is 3.86. The van der Waals surface area contributed by atoms with Crippen molar-refractivity contribution in [2.45, 2.75) is 25.7 Å². The van der Waals surface area contributed by atoms with Gasteiger partial charge in [0.25, 0.3) is 5.91 Å². The molecule has 1 atom stereocenters. The second-order valence-electron chi connectivity index (χ2n) is 7.39. The van der Waals surface area contributed by atoms with Gasteiger partial charge in [0, 0.05) is 32.4 Å². The van der Waals surface area contributed by atoms with Crippen LogP contribution in [0.3, 0.4) is 0 Å². The number of carbonyl (C=O) groups excluding carboxylic acids is 2. The Morgan fingerprint density at radius 2 is 2.07 bits per heavy atom. The average Bonchev–Trinajstić information content (AvgIpc) is 3.33. The van der Waals surface area contributed by atoms with Crippen molar-refractivity contribution in [1.82, 2.24) is 14.8 Å². The predicted molar refractivity (Wildman–Crippen MR) is 106 cm³/mol. The number of hydrogen-bond donors (Lipinski definition) is 2. The van der Waals surface area contributed by atoms with Crippen LogP contribution < -0.4 is 11.1 Å². The van der Waals surface area contributed by atoms with Crippen molar-refractivity contribution in [2.75, 3.05) is 31.5 Å². The number of nitrogens with zero attached hydrogens (tertiary/aromatic N) is 3. The molecule has 0 radical (unpaired) electrons. The molecular weight excluding hydrogens is 358 g/mol. The van der Waals surface area contributed by atoms with Gasteiger partial charge in [-0.15, -0.1) is 0 Å². The zero-order valence-electron chi connectivity index (χ0n) is 15.8. The standard InChI is InChI=1S/C20H25N5O3/c21-18(26)17-16(15-5-4-8-22-19(15)28-17)23-20(27)25-12-7-14(13-25)6-11-24-9-2-1-3-10-24/h4-6,8,11,14H,1-3,7,9-10,12-13H2,(H2,21,26)(H,23,27). The van der Waals surface area contributed by atoms with Crippen LogP contribution >= 0.6 is 0 Å². The van der Waals surface area contributed by atoms with Crippen molar-refractivity contribution in [3.63, 3.8) is 0 Å². The fourth-order valence-corrected chi connectivity index (χ4v) is 3.86.